The lowest BCUT2D eigenvalue weighted by atomic mass is 9.77. The summed E-state index contributed by atoms with van der Waals surface area (Å²) in [5, 5.41) is 15.4. The normalized spacial score (nSPS) is 20.6. The predicted molar refractivity (Wildman–Crippen MR) is 84.4 cm³/mol. The quantitative estimate of drug-likeness (QED) is 0.938. The molecule has 3 rings (SSSR count). The molecule has 0 saturated carbocycles. The fraction of sp³-hybridized carbons (Fsp3) is 0.353. The summed E-state index contributed by atoms with van der Waals surface area (Å²) in [7, 11) is 1.66. The van der Waals surface area contributed by atoms with Crippen LogP contribution >= 0.6 is 11.3 Å². The second-order valence-electron chi connectivity index (χ2n) is 5.33. The van der Waals surface area contributed by atoms with E-state index < -0.39 is 5.54 Å². The van der Waals surface area contributed by atoms with Crippen molar-refractivity contribution in [2.75, 3.05) is 7.11 Å². The van der Waals surface area contributed by atoms with Crippen LogP contribution in [-0.4, -0.2) is 7.11 Å². The maximum Gasteiger partial charge on any atom is 0.132 e. The molecule has 0 amide bonds. The second-order valence-corrected chi connectivity index (χ2v) is 6.36. The van der Waals surface area contributed by atoms with Crippen molar-refractivity contribution in [2.24, 2.45) is 0 Å². The van der Waals surface area contributed by atoms with E-state index in [9.17, 15) is 5.26 Å². The first-order valence-electron chi connectivity index (χ1n) is 7.13. The topological polar surface area (TPSA) is 45.0 Å². The second kappa shape index (κ2) is 5.88. The Morgan fingerprint density at radius 2 is 2.33 bits per heavy atom. The van der Waals surface area contributed by atoms with E-state index in [0.717, 1.165) is 37.1 Å². The highest BCUT2D eigenvalue weighted by molar-refractivity contribution is 7.09. The summed E-state index contributed by atoms with van der Waals surface area (Å²) in [6.07, 6.45) is 2.91. The molecule has 0 radical (unpaired) electrons. The average molecular weight is 298 g/mol. The van der Waals surface area contributed by atoms with E-state index in [-0.39, 0.29) is 0 Å². The summed E-state index contributed by atoms with van der Waals surface area (Å²) in [5.41, 5.74) is 1.72. The van der Waals surface area contributed by atoms with Gasteiger partial charge in [-0.25, -0.2) is 0 Å². The zero-order valence-electron chi connectivity index (χ0n) is 12.1. The van der Waals surface area contributed by atoms with Gasteiger partial charge >= 0.3 is 0 Å². The zero-order valence-corrected chi connectivity index (χ0v) is 12.9. The number of methoxy groups -OCH3 is 1. The summed E-state index contributed by atoms with van der Waals surface area (Å²) >= 11 is 1.71. The smallest absolute Gasteiger partial charge is 0.132 e. The molecule has 1 aromatic carbocycles. The summed E-state index contributed by atoms with van der Waals surface area (Å²) in [4.78, 5) is 1.25. The van der Waals surface area contributed by atoms with Gasteiger partial charge in [0.05, 0.1) is 13.2 Å². The number of benzene rings is 1. The first-order chi connectivity index (χ1) is 10.3. The Morgan fingerprint density at radius 1 is 1.43 bits per heavy atom. The zero-order chi connectivity index (χ0) is 14.7. The summed E-state index contributed by atoms with van der Waals surface area (Å²) in [6.45, 7) is 0.724. The summed E-state index contributed by atoms with van der Waals surface area (Å²) in [5.74, 6) is 0.813. The Hall–Kier alpha value is -1.83. The van der Waals surface area contributed by atoms with Crippen molar-refractivity contribution in [3.05, 3.63) is 51.7 Å². The third-order valence-corrected chi connectivity index (χ3v) is 4.99. The van der Waals surface area contributed by atoms with Crippen molar-refractivity contribution in [1.29, 1.82) is 5.26 Å². The molecule has 0 fully saturated rings. The molecule has 1 N–H and O–H groups in total. The number of hydrogen-bond donors (Lipinski definition) is 1. The summed E-state index contributed by atoms with van der Waals surface area (Å²) in [6, 6.07) is 12.7. The Labute approximate surface area is 129 Å². The third kappa shape index (κ3) is 2.67. The lowest BCUT2D eigenvalue weighted by molar-refractivity contribution is 0.360. The minimum atomic E-state index is -0.605. The van der Waals surface area contributed by atoms with Gasteiger partial charge in [0.15, 0.2) is 0 Å². The molecular formula is C17H18N2OS. The number of nitrogens with zero attached hydrogens (tertiary/aromatic N) is 1. The minimum Gasteiger partial charge on any atom is -0.497 e. The van der Waals surface area contributed by atoms with Crippen molar-refractivity contribution in [2.45, 2.75) is 31.3 Å². The summed E-state index contributed by atoms with van der Waals surface area (Å²) < 4.78 is 5.33. The van der Waals surface area contributed by atoms with Crippen LogP contribution in [0.2, 0.25) is 0 Å². The van der Waals surface area contributed by atoms with E-state index in [1.54, 1.807) is 18.4 Å². The molecule has 2 aromatic rings. The largest absolute Gasteiger partial charge is 0.497 e. The van der Waals surface area contributed by atoms with Gasteiger partial charge in [0.2, 0.25) is 0 Å². The first kappa shape index (κ1) is 14.1. The van der Waals surface area contributed by atoms with Crippen molar-refractivity contribution in [3.8, 4) is 11.8 Å². The van der Waals surface area contributed by atoms with Gasteiger partial charge < -0.3 is 4.74 Å². The van der Waals surface area contributed by atoms with E-state index in [1.807, 2.05) is 18.2 Å². The van der Waals surface area contributed by atoms with Crippen molar-refractivity contribution >= 4 is 11.3 Å². The first-order valence-corrected chi connectivity index (χ1v) is 8.01. The number of aryl methyl sites for hydroxylation is 1. The van der Waals surface area contributed by atoms with Crippen LogP contribution in [0.25, 0.3) is 0 Å². The molecule has 1 unspecified atom stereocenters. The molecule has 0 aliphatic heterocycles. The highest BCUT2D eigenvalue weighted by Crippen LogP contribution is 2.37. The molecule has 108 valence electrons. The van der Waals surface area contributed by atoms with Gasteiger partial charge in [-0.2, -0.15) is 5.26 Å². The van der Waals surface area contributed by atoms with Gasteiger partial charge in [-0.3, -0.25) is 5.32 Å². The SMILES string of the molecule is COc1ccc2c(c1)C(C#N)(NCc1cccs1)CCC2. The maximum absolute atomic E-state index is 9.83. The van der Waals surface area contributed by atoms with Crippen molar-refractivity contribution < 1.29 is 4.74 Å². The van der Waals surface area contributed by atoms with Gasteiger partial charge in [-0.15, -0.1) is 11.3 Å². The van der Waals surface area contributed by atoms with Gasteiger partial charge in [0, 0.05) is 11.4 Å². The van der Waals surface area contributed by atoms with E-state index in [1.165, 1.54) is 10.4 Å². The highest BCUT2D eigenvalue weighted by atomic mass is 32.1. The Kier molecular flexibility index (Phi) is 3.96. The molecule has 0 saturated heterocycles. The maximum atomic E-state index is 9.83. The molecular weight excluding hydrogens is 280 g/mol. The number of thiophene rings is 1. The number of fused-ring (bicyclic) bond motifs is 1. The van der Waals surface area contributed by atoms with Gasteiger partial charge in [0.25, 0.3) is 0 Å². The van der Waals surface area contributed by atoms with Crippen LogP contribution in [0.4, 0.5) is 0 Å². The minimum absolute atomic E-state index is 0.605. The van der Waals surface area contributed by atoms with E-state index in [2.05, 4.69) is 28.9 Å². The molecule has 0 bridgehead atoms. The van der Waals surface area contributed by atoms with Crippen molar-refractivity contribution in [1.82, 2.24) is 5.32 Å². The van der Waals surface area contributed by atoms with Gasteiger partial charge in [-0.05, 0) is 54.0 Å². The molecule has 3 nitrogen and oxygen atoms in total. The van der Waals surface area contributed by atoms with Crippen LogP contribution < -0.4 is 10.1 Å². The molecule has 1 aliphatic rings. The number of rotatable bonds is 4. The van der Waals surface area contributed by atoms with Crippen LogP contribution in [0.3, 0.4) is 0 Å². The van der Waals surface area contributed by atoms with Crippen LogP contribution in [-0.2, 0) is 18.5 Å². The number of ether oxygens (including phenoxy) is 1. The molecule has 1 atom stereocenters. The van der Waals surface area contributed by atoms with Crippen LogP contribution in [0.1, 0.15) is 28.8 Å². The van der Waals surface area contributed by atoms with Crippen LogP contribution in [0, 0.1) is 11.3 Å². The van der Waals surface area contributed by atoms with Crippen molar-refractivity contribution in [3.63, 3.8) is 0 Å². The molecule has 0 spiro atoms. The Balaban J connectivity index is 1.94. The lowest BCUT2D eigenvalue weighted by Crippen LogP contribution is -2.43. The molecule has 21 heavy (non-hydrogen) atoms. The highest BCUT2D eigenvalue weighted by Gasteiger charge is 2.36. The molecule has 4 heteroatoms. The molecule has 1 aromatic heterocycles. The van der Waals surface area contributed by atoms with Gasteiger partial charge in [-0.1, -0.05) is 12.1 Å². The third-order valence-electron chi connectivity index (χ3n) is 4.11. The van der Waals surface area contributed by atoms with E-state index >= 15 is 0 Å². The molecule has 1 aliphatic carbocycles. The van der Waals surface area contributed by atoms with Gasteiger partial charge in [0.1, 0.15) is 11.3 Å². The Morgan fingerprint density at radius 3 is 3.05 bits per heavy atom. The number of nitriles is 1. The fourth-order valence-corrected chi connectivity index (χ4v) is 3.61. The Bertz CT molecular complexity index is 660. The van der Waals surface area contributed by atoms with Crippen LogP contribution in [0.15, 0.2) is 35.7 Å². The van der Waals surface area contributed by atoms with Crippen LogP contribution in [0.5, 0.6) is 5.75 Å². The average Bonchev–Trinajstić information content (AvgIpc) is 3.06. The van der Waals surface area contributed by atoms with E-state index in [4.69, 9.17) is 4.74 Å². The lowest BCUT2D eigenvalue weighted by Gasteiger charge is -2.34. The standard InChI is InChI=1S/C17H18N2OS/c1-20-14-7-6-13-4-2-8-17(12-18,16(13)10-14)19-11-15-5-3-9-21-15/h3,5-7,9-10,19H,2,4,8,11H2,1H3. The predicted octanol–water partition coefficient (Wildman–Crippen LogP) is 3.60. The number of nitrogens with one attached hydrogen (secondary N) is 1. The number of hydrogen-bond acceptors (Lipinski definition) is 4. The van der Waals surface area contributed by atoms with E-state index in [0.29, 0.717) is 0 Å². The molecule has 1 heterocycles. The monoisotopic (exact) mass is 298 g/mol. The fourth-order valence-electron chi connectivity index (χ4n) is 2.97.